The van der Waals surface area contributed by atoms with Crippen LogP contribution in [0.2, 0.25) is 0 Å². The summed E-state index contributed by atoms with van der Waals surface area (Å²) in [4.78, 5) is 91.7. The molecule has 0 aliphatic carbocycles. The average molecular weight is 847 g/mol. The van der Waals surface area contributed by atoms with E-state index in [1.807, 2.05) is 0 Å². The van der Waals surface area contributed by atoms with E-state index >= 15 is 0 Å². The SMILES string of the molecule is O=C[C@H](CCC(=O)O)NC(=O)COCCOCCNC(=O)COCCOCCNC(=O)CC[C@H](NC(=O)CCCCCCCCCCCCCCCCC(=O)O)C(=O)O. The Hall–Kier alpha value is -4.20. The first kappa shape index (κ1) is 54.8. The van der Waals surface area contributed by atoms with Crippen LogP contribution < -0.4 is 21.3 Å². The van der Waals surface area contributed by atoms with Crippen LogP contribution in [0.15, 0.2) is 0 Å². The van der Waals surface area contributed by atoms with Gasteiger partial charge in [0.15, 0.2) is 0 Å². The van der Waals surface area contributed by atoms with Crippen LogP contribution in [-0.2, 0) is 57.3 Å². The fourth-order valence-corrected chi connectivity index (χ4v) is 5.62. The fraction of sp³-hybridized carbons (Fsp3) is 0.800. The Morgan fingerprint density at radius 1 is 0.441 bits per heavy atom. The van der Waals surface area contributed by atoms with Gasteiger partial charge in [0.25, 0.3) is 0 Å². The Kier molecular flexibility index (Phi) is 36.5. The minimum atomic E-state index is -1.20. The van der Waals surface area contributed by atoms with Gasteiger partial charge in [0.2, 0.25) is 23.6 Å². The highest BCUT2D eigenvalue weighted by atomic mass is 16.5. The second-order valence-corrected chi connectivity index (χ2v) is 14.1. The molecule has 0 spiro atoms. The lowest BCUT2D eigenvalue weighted by Gasteiger charge is -2.14. The second-order valence-electron chi connectivity index (χ2n) is 14.1. The van der Waals surface area contributed by atoms with E-state index in [0.29, 0.717) is 12.7 Å². The van der Waals surface area contributed by atoms with Crippen molar-refractivity contribution in [1.82, 2.24) is 21.3 Å². The Morgan fingerprint density at radius 3 is 1.36 bits per heavy atom. The van der Waals surface area contributed by atoms with Crippen LogP contribution in [0.5, 0.6) is 0 Å². The zero-order valence-electron chi connectivity index (χ0n) is 34.7. The number of ether oxygens (including phenoxy) is 4. The van der Waals surface area contributed by atoms with Crippen LogP contribution in [-0.4, -0.2) is 141 Å². The second kappa shape index (κ2) is 39.3. The molecule has 0 saturated heterocycles. The monoisotopic (exact) mass is 846 g/mol. The molecule has 0 bridgehead atoms. The van der Waals surface area contributed by atoms with E-state index in [1.54, 1.807) is 0 Å². The molecular formula is C40H70N4O15. The summed E-state index contributed by atoms with van der Waals surface area (Å²) >= 11 is 0. The molecule has 0 rings (SSSR count). The third kappa shape index (κ3) is 39.1. The predicted molar refractivity (Wildman–Crippen MR) is 214 cm³/mol. The van der Waals surface area contributed by atoms with Crippen LogP contribution in [0.1, 0.15) is 128 Å². The molecule has 4 amide bonds. The van der Waals surface area contributed by atoms with E-state index in [9.17, 15) is 43.5 Å². The van der Waals surface area contributed by atoms with Crippen LogP contribution in [0.4, 0.5) is 0 Å². The summed E-state index contributed by atoms with van der Waals surface area (Å²) in [5, 5.41) is 36.9. The van der Waals surface area contributed by atoms with Crippen molar-refractivity contribution in [1.29, 1.82) is 0 Å². The van der Waals surface area contributed by atoms with Gasteiger partial charge < -0.3 is 60.3 Å². The molecule has 0 fully saturated rings. The summed E-state index contributed by atoms with van der Waals surface area (Å²) in [5.74, 6) is -4.62. The van der Waals surface area contributed by atoms with Gasteiger partial charge in [-0.3, -0.25) is 28.8 Å². The van der Waals surface area contributed by atoms with Gasteiger partial charge in [-0.25, -0.2) is 4.79 Å². The predicted octanol–water partition coefficient (Wildman–Crippen LogP) is 2.51. The van der Waals surface area contributed by atoms with E-state index in [0.717, 1.165) is 44.9 Å². The van der Waals surface area contributed by atoms with Crippen LogP contribution in [0.3, 0.4) is 0 Å². The van der Waals surface area contributed by atoms with Crippen LogP contribution in [0.25, 0.3) is 0 Å². The summed E-state index contributed by atoms with van der Waals surface area (Å²) < 4.78 is 21.0. The zero-order valence-corrected chi connectivity index (χ0v) is 34.7. The summed E-state index contributed by atoms with van der Waals surface area (Å²) in [6.45, 7) is 0.819. The maximum absolute atomic E-state index is 12.3. The summed E-state index contributed by atoms with van der Waals surface area (Å²) in [5.41, 5.74) is 0. The van der Waals surface area contributed by atoms with Crippen molar-refractivity contribution in [3.8, 4) is 0 Å². The highest BCUT2D eigenvalue weighted by molar-refractivity contribution is 5.84. The lowest BCUT2D eigenvalue weighted by molar-refractivity contribution is -0.142. The number of nitrogens with one attached hydrogen (secondary N) is 4. The number of hydrogen-bond donors (Lipinski definition) is 7. The van der Waals surface area contributed by atoms with E-state index in [2.05, 4.69) is 21.3 Å². The first-order valence-corrected chi connectivity index (χ1v) is 21.0. The third-order valence-corrected chi connectivity index (χ3v) is 8.87. The minimum absolute atomic E-state index is 0.0144. The Morgan fingerprint density at radius 2 is 0.881 bits per heavy atom. The van der Waals surface area contributed by atoms with Crippen LogP contribution >= 0.6 is 0 Å². The lowest BCUT2D eigenvalue weighted by atomic mass is 10.0. The van der Waals surface area contributed by atoms with Crippen molar-refractivity contribution in [2.75, 3.05) is 65.9 Å². The molecule has 0 aliphatic rings. The van der Waals surface area contributed by atoms with Crippen molar-refractivity contribution < 1.29 is 72.6 Å². The Labute approximate surface area is 347 Å². The molecule has 7 N–H and O–H groups in total. The van der Waals surface area contributed by atoms with Crippen molar-refractivity contribution in [2.24, 2.45) is 0 Å². The third-order valence-electron chi connectivity index (χ3n) is 8.87. The summed E-state index contributed by atoms with van der Waals surface area (Å²) in [6, 6.07) is -2.05. The smallest absolute Gasteiger partial charge is 0.326 e. The zero-order chi connectivity index (χ0) is 43.8. The van der Waals surface area contributed by atoms with E-state index < -0.39 is 35.9 Å². The molecule has 59 heavy (non-hydrogen) atoms. The molecule has 0 radical (unpaired) electrons. The Bertz CT molecular complexity index is 1190. The number of unbranched alkanes of at least 4 members (excludes halogenated alkanes) is 13. The first-order valence-electron chi connectivity index (χ1n) is 21.0. The Balaban J connectivity index is 3.70. The van der Waals surface area contributed by atoms with E-state index in [4.69, 9.17) is 29.2 Å². The van der Waals surface area contributed by atoms with Crippen molar-refractivity contribution in [3.05, 3.63) is 0 Å². The van der Waals surface area contributed by atoms with Gasteiger partial charge in [0.1, 0.15) is 25.5 Å². The van der Waals surface area contributed by atoms with Crippen molar-refractivity contribution >= 4 is 47.8 Å². The molecule has 19 nitrogen and oxygen atoms in total. The molecule has 0 saturated carbocycles. The normalized spacial score (nSPS) is 11.9. The highest BCUT2D eigenvalue weighted by Gasteiger charge is 2.21. The number of carbonyl (C=O) groups is 8. The lowest BCUT2D eigenvalue weighted by Crippen LogP contribution is -2.41. The number of carboxylic acids is 3. The fourth-order valence-electron chi connectivity index (χ4n) is 5.62. The molecule has 340 valence electrons. The van der Waals surface area contributed by atoms with Gasteiger partial charge in [-0.05, 0) is 25.7 Å². The quantitative estimate of drug-likeness (QED) is 0.0343. The molecule has 0 aromatic carbocycles. The first-order chi connectivity index (χ1) is 28.4. The largest absolute Gasteiger partial charge is 0.481 e. The molecule has 0 aromatic rings. The summed E-state index contributed by atoms with van der Waals surface area (Å²) in [7, 11) is 0. The van der Waals surface area contributed by atoms with Crippen LogP contribution in [0, 0.1) is 0 Å². The molecular weight excluding hydrogens is 776 g/mol. The molecule has 0 aromatic heterocycles. The van der Waals surface area contributed by atoms with E-state index in [-0.39, 0.29) is 122 Å². The highest BCUT2D eigenvalue weighted by Crippen LogP contribution is 2.14. The maximum Gasteiger partial charge on any atom is 0.326 e. The number of carboxylic acid groups (broad SMARTS) is 3. The number of rotatable bonds is 43. The van der Waals surface area contributed by atoms with Gasteiger partial charge in [-0.15, -0.1) is 0 Å². The maximum atomic E-state index is 12.3. The van der Waals surface area contributed by atoms with Gasteiger partial charge in [-0.1, -0.05) is 77.0 Å². The average Bonchev–Trinajstić information content (AvgIpc) is 3.19. The van der Waals surface area contributed by atoms with Gasteiger partial charge >= 0.3 is 17.9 Å². The van der Waals surface area contributed by atoms with Gasteiger partial charge in [0.05, 0.1) is 45.7 Å². The molecule has 0 aliphatic heterocycles. The van der Waals surface area contributed by atoms with Crippen molar-refractivity contribution in [3.63, 3.8) is 0 Å². The number of aldehydes is 1. The van der Waals surface area contributed by atoms with Gasteiger partial charge in [-0.2, -0.15) is 0 Å². The van der Waals surface area contributed by atoms with Gasteiger partial charge in [0, 0.05) is 38.8 Å². The topological polar surface area (TPSA) is 282 Å². The number of hydrogen-bond acceptors (Lipinski definition) is 12. The van der Waals surface area contributed by atoms with Crippen molar-refractivity contribution in [2.45, 2.75) is 141 Å². The summed E-state index contributed by atoms with van der Waals surface area (Å²) in [6.07, 6.45) is 15.5. The standard InChI is InChI=1S/C40H70N4O15/c45-29-32(17-20-39(52)53)43-37(49)31-59-28-26-57-24-22-42-36(48)30-58-27-25-56-23-21-41-34(46)19-18-33(40(54)55)44-35(47)15-13-11-9-7-5-3-1-2-4-6-8-10-12-14-16-38(50)51/h29,32-33H,1-28,30-31H2,(H,41,46)(H,42,48)(H,43,49)(H,44,47)(H,50,51)(H,52,53)(H,54,55)/t32-,33-/m0/s1. The molecule has 0 unspecified atom stereocenters. The molecule has 2 atom stereocenters. The molecule has 19 heteroatoms. The number of amides is 4. The number of carbonyl (C=O) groups excluding carboxylic acids is 5. The van der Waals surface area contributed by atoms with E-state index in [1.165, 1.54) is 38.5 Å². The number of aliphatic carboxylic acids is 3. The molecule has 0 heterocycles. The minimum Gasteiger partial charge on any atom is -0.481 e.